The summed E-state index contributed by atoms with van der Waals surface area (Å²) in [5.41, 5.74) is 1.42. The number of carboxylic acid groups (broad SMARTS) is 1. The molecule has 2 atom stereocenters. The Morgan fingerprint density at radius 2 is 1.46 bits per heavy atom. The number of amides is 3. The van der Waals surface area contributed by atoms with Crippen LogP contribution in [-0.4, -0.2) is 45.3 Å². The molecule has 0 aromatic heterocycles. The molecule has 1 aromatic carbocycles. The van der Waals surface area contributed by atoms with Crippen LogP contribution < -0.4 is 16.0 Å². The van der Waals surface area contributed by atoms with Gasteiger partial charge < -0.3 is 31.3 Å². The summed E-state index contributed by atoms with van der Waals surface area (Å²) < 4.78 is 0. The number of hydrogen-bond donors (Lipinski definition) is 6. The molecule has 26 heavy (non-hydrogen) atoms. The second kappa shape index (κ2) is 9.73. The van der Waals surface area contributed by atoms with Gasteiger partial charge in [0.15, 0.2) is 0 Å². The third-order valence-corrected chi connectivity index (χ3v) is 3.67. The van der Waals surface area contributed by atoms with Crippen molar-refractivity contribution in [3.05, 3.63) is 29.3 Å². The van der Waals surface area contributed by atoms with E-state index >= 15 is 0 Å². The van der Waals surface area contributed by atoms with E-state index in [0.29, 0.717) is 16.8 Å². The van der Waals surface area contributed by atoms with Crippen LogP contribution in [0.1, 0.15) is 31.9 Å². The molecule has 1 rings (SSSR count). The van der Waals surface area contributed by atoms with Crippen LogP contribution in [0, 0.1) is 5.92 Å². The van der Waals surface area contributed by atoms with Gasteiger partial charge in [-0.3, -0.25) is 9.59 Å². The van der Waals surface area contributed by atoms with Crippen molar-refractivity contribution in [3.8, 4) is 0 Å². The highest BCUT2D eigenvalue weighted by atomic mass is 16.4. The van der Waals surface area contributed by atoms with Crippen molar-refractivity contribution in [1.82, 2.24) is 10.6 Å². The molecule has 0 saturated heterocycles. The molecule has 0 spiro atoms. The molecule has 9 heteroatoms. The second-order valence-corrected chi connectivity index (χ2v) is 6.25. The topological polar surface area (TPSA) is 148 Å². The van der Waals surface area contributed by atoms with Crippen LogP contribution >= 0.6 is 0 Å². The van der Waals surface area contributed by atoms with Gasteiger partial charge in [0.25, 0.3) is 0 Å². The average molecular weight is 367 g/mol. The van der Waals surface area contributed by atoms with Gasteiger partial charge in [0.05, 0.1) is 13.2 Å². The fourth-order valence-corrected chi connectivity index (χ4v) is 2.30. The number of carbonyl (C=O) groups is 3. The van der Waals surface area contributed by atoms with Crippen molar-refractivity contribution in [2.24, 2.45) is 5.92 Å². The quantitative estimate of drug-likeness (QED) is 0.392. The normalized spacial score (nSPS) is 13.0. The summed E-state index contributed by atoms with van der Waals surface area (Å²) >= 11 is 0. The number of nitrogens with one attached hydrogen (secondary N) is 3. The number of aliphatic hydroxyl groups excluding tert-OH is 2. The maximum absolute atomic E-state index is 12.3. The molecule has 0 unspecified atom stereocenters. The van der Waals surface area contributed by atoms with Crippen molar-refractivity contribution in [2.45, 2.75) is 46.1 Å². The largest absolute Gasteiger partial charge is 0.465 e. The molecule has 0 aliphatic heterocycles. The van der Waals surface area contributed by atoms with Gasteiger partial charge in [-0.25, -0.2) is 4.79 Å². The van der Waals surface area contributed by atoms with E-state index in [1.165, 1.54) is 6.92 Å². The average Bonchev–Trinajstić information content (AvgIpc) is 2.58. The Labute approximate surface area is 151 Å². The molecule has 0 aliphatic rings. The van der Waals surface area contributed by atoms with E-state index in [-0.39, 0.29) is 19.1 Å². The SMILES string of the molecule is CC(C)[C@H](NC(=O)O)C(=O)N[C@@H](C)C(=O)Nc1cc(CO)cc(CO)c1. The van der Waals surface area contributed by atoms with Gasteiger partial charge in [-0.2, -0.15) is 0 Å². The minimum absolute atomic E-state index is 0.250. The molecule has 0 fully saturated rings. The highest BCUT2D eigenvalue weighted by Crippen LogP contribution is 2.16. The molecule has 0 saturated carbocycles. The lowest BCUT2D eigenvalue weighted by Crippen LogP contribution is -2.53. The van der Waals surface area contributed by atoms with Gasteiger partial charge in [-0.05, 0) is 36.1 Å². The molecular weight excluding hydrogens is 342 g/mol. The van der Waals surface area contributed by atoms with E-state index in [1.807, 2.05) is 0 Å². The van der Waals surface area contributed by atoms with Gasteiger partial charge in [0.2, 0.25) is 11.8 Å². The first-order chi connectivity index (χ1) is 12.2. The summed E-state index contributed by atoms with van der Waals surface area (Å²) in [6.07, 6.45) is -1.33. The first-order valence-corrected chi connectivity index (χ1v) is 8.13. The maximum atomic E-state index is 12.3. The van der Waals surface area contributed by atoms with Crippen LogP contribution in [0.2, 0.25) is 0 Å². The molecule has 3 amide bonds. The van der Waals surface area contributed by atoms with E-state index in [4.69, 9.17) is 5.11 Å². The number of anilines is 1. The van der Waals surface area contributed by atoms with Gasteiger partial charge in [0.1, 0.15) is 12.1 Å². The van der Waals surface area contributed by atoms with Gasteiger partial charge in [0, 0.05) is 5.69 Å². The van der Waals surface area contributed by atoms with E-state index in [0.717, 1.165) is 0 Å². The Morgan fingerprint density at radius 1 is 0.923 bits per heavy atom. The van der Waals surface area contributed by atoms with Gasteiger partial charge >= 0.3 is 6.09 Å². The number of rotatable bonds is 8. The summed E-state index contributed by atoms with van der Waals surface area (Å²) in [6, 6.07) is 2.80. The van der Waals surface area contributed by atoms with Crippen LogP contribution in [0.15, 0.2) is 18.2 Å². The smallest absolute Gasteiger partial charge is 0.405 e. The Hall–Kier alpha value is -2.65. The molecule has 0 bridgehead atoms. The Morgan fingerprint density at radius 3 is 1.88 bits per heavy atom. The fraction of sp³-hybridized carbons (Fsp3) is 0.471. The third kappa shape index (κ3) is 6.34. The molecule has 6 N–H and O–H groups in total. The van der Waals surface area contributed by atoms with Crippen LogP contribution in [0.5, 0.6) is 0 Å². The van der Waals surface area contributed by atoms with Crippen LogP contribution in [0.4, 0.5) is 10.5 Å². The standard InChI is InChI=1S/C17H25N3O6/c1-9(2)14(20-17(25)26)16(24)18-10(3)15(23)19-13-5-11(7-21)4-12(6-13)8-22/h4-6,9-10,14,20-22H,7-8H2,1-3H3,(H,18,24)(H,19,23)(H,25,26)/t10-,14-/m0/s1. The highest BCUT2D eigenvalue weighted by Gasteiger charge is 2.26. The first-order valence-electron chi connectivity index (χ1n) is 8.13. The van der Waals surface area contributed by atoms with Crippen LogP contribution in [0.25, 0.3) is 0 Å². The summed E-state index contributed by atoms with van der Waals surface area (Å²) in [7, 11) is 0. The maximum Gasteiger partial charge on any atom is 0.405 e. The lowest BCUT2D eigenvalue weighted by atomic mass is 10.0. The van der Waals surface area contributed by atoms with Crippen molar-refractivity contribution in [1.29, 1.82) is 0 Å². The first kappa shape index (κ1) is 21.4. The number of hydrogen-bond acceptors (Lipinski definition) is 5. The van der Waals surface area contributed by atoms with Crippen LogP contribution in [-0.2, 0) is 22.8 Å². The lowest BCUT2D eigenvalue weighted by Gasteiger charge is -2.22. The zero-order valence-corrected chi connectivity index (χ0v) is 14.9. The summed E-state index contributed by atoms with van der Waals surface area (Å²) in [5, 5.41) is 34.4. The lowest BCUT2D eigenvalue weighted by molar-refractivity contribution is -0.128. The van der Waals surface area contributed by atoms with Gasteiger partial charge in [-0.15, -0.1) is 0 Å². The number of aliphatic hydroxyl groups is 2. The van der Waals surface area contributed by atoms with Crippen molar-refractivity contribution < 1.29 is 29.7 Å². The molecule has 1 aromatic rings. The predicted molar refractivity (Wildman–Crippen MR) is 94.3 cm³/mol. The summed E-state index contributed by atoms with van der Waals surface area (Å²) in [4.78, 5) is 35.3. The molecule has 0 radical (unpaired) electrons. The second-order valence-electron chi connectivity index (χ2n) is 6.25. The van der Waals surface area contributed by atoms with E-state index < -0.39 is 30.0 Å². The molecule has 0 heterocycles. The molecule has 144 valence electrons. The Kier molecular flexibility index (Phi) is 8.01. The number of carbonyl (C=O) groups excluding carboxylic acids is 2. The molecular formula is C17H25N3O6. The zero-order valence-electron chi connectivity index (χ0n) is 14.9. The Bertz CT molecular complexity index is 640. The molecule has 0 aliphatic carbocycles. The van der Waals surface area contributed by atoms with E-state index in [9.17, 15) is 24.6 Å². The summed E-state index contributed by atoms with van der Waals surface area (Å²) in [5.74, 6) is -1.42. The van der Waals surface area contributed by atoms with Crippen molar-refractivity contribution >= 4 is 23.6 Å². The van der Waals surface area contributed by atoms with Crippen molar-refractivity contribution in [3.63, 3.8) is 0 Å². The minimum atomic E-state index is -1.33. The van der Waals surface area contributed by atoms with Gasteiger partial charge in [-0.1, -0.05) is 19.9 Å². The summed E-state index contributed by atoms with van der Waals surface area (Å²) in [6.45, 7) is 4.33. The number of benzene rings is 1. The van der Waals surface area contributed by atoms with Crippen molar-refractivity contribution in [2.75, 3.05) is 5.32 Å². The Balaban J connectivity index is 2.78. The van der Waals surface area contributed by atoms with Crippen LogP contribution in [0.3, 0.4) is 0 Å². The minimum Gasteiger partial charge on any atom is -0.465 e. The fourth-order valence-electron chi connectivity index (χ4n) is 2.30. The monoisotopic (exact) mass is 367 g/mol. The third-order valence-electron chi connectivity index (χ3n) is 3.67. The highest BCUT2D eigenvalue weighted by molar-refractivity contribution is 5.98. The van der Waals surface area contributed by atoms with E-state index in [1.54, 1.807) is 32.0 Å². The van der Waals surface area contributed by atoms with E-state index in [2.05, 4.69) is 16.0 Å². The zero-order chi connectivity index (χ0) is 19.9. The predicted octanol–water partition coefficient (Wildman–Crippen LogP) is 0.407. The molecule has 9 nitrogen and oxygen atoms in total.